The lowest BCUT2D eigenvalue weighted by Gasteiger charge is -2.52. The molecule has 146 valence electrons. The third-order valence-corrected chi connectivity index (χ3v) is 9.65. The second kappa shape index (κ2) is 11.6. The standard InChI is InChI=1S/C13H28O3Si.C6H15N/c1-6-10-13(14-3)12(7-2)9-8-11-17(13,15-4)16-5;1-5(2)7-6(3)4/h12H,6-11H2,1-5H3;5-7H,1-4H3. The molecular weight excluding hydrogens is 318 g/mol. The van der Waals surface area contributed by atoms with Crippen LogP contribution in [0.5, 0.6) is 0 Å². The zero-order valence-corrected chi connectivity index (χ0v) is 18.7. The van der Waals surface area contributed by atoms with E-state index in [1.165, 1.54) is 12.8 Å². The van der Waals surface area contributed by atoms with E-state index in [1.807, 2.05) is 7.11 Å². The van der Waals surface area contributed by atoms with Crippen molar-refractivity contribution in [3.8, 4) is 0 Å². The molecule has 1 fully saturated rings. The molecule has 0 aromatic rings. The minimum absolute atomic E-state index is 0.155. The fourth-order valence-electron chi connectivity index (χ4n) is 4.36. The van der Waals surface area contributed by atoms with Crippen LogP contribution in [0, 0.1) is 5.92 Å². The van der Waals surface area contributed by atoms with Crippen LogP contribution >= 0.6 is 0 Å². The fourth-order valence-corrected chi connectivity index (χ4v) is 8.63. The van der Waals surface area contributed by atoms with Crippen molar-refractivity contribution in [2.75, 3.05) is 21.3 Å². The van der Waals surface area contributed by atoms with E-state index < -0.39 is 8.56 Å². The van der Waals surface area contributed by atoms with Crippen molar-refractivity contribution in [2.45, 2.75) is 97.0 Å². The highest BCUT2D eigenvalue weighted by molar-refractivity contribution is 6.70. The Morgan fingerprint density at radius 2 is 1.58 bits per heavy atom. The molecule has 0 bridgehead atoms. The van der Waals surface area contributed by atoms with Crippen LogP contribution in [0.25, 0.3) is 0 Å². The highest BCUT2D eigenvalue weighted by Gasteiger charge is 2.62. The summed E-state index contributed by atoms with van der Waals surface area (Å²) in [6.45, 7) is 13.1. The summed E-state index contributed by atoms with van der Waals surface area (Å²) >= 11 is 0. The SMILES string of the molecule is CC(C)NC(C)C.CCCC1(OC)C(CC)CCC[Si]1(OC)OC. The summed E-state index contributed by atoms with van der Waals surface area (Å²) in [5, 5.41) is 3.15. The molecule has 0 aromatic heterocycles. The minimum Gasteiger partial charge on any atom is -0.396 e. The molecule has 0 aliphatic carbocycles. The third kappa shape index (κ3) is 5.80. The molecule has 0 aromatic carbocycles. The molecule has 2 atom stereocenters. The third-order valence-electron chi connectivity index (χ3n) is 5.17. The van der Waals surface area contributed by atoms with Crippen molar-refractivity contribution in [2.24, 2.45) is 5.92 Å². The predicted molar refractivity (Wildman–Crippen MR) is 106 cm³/mol. The van der Waals surface area contributed by atoms with Gasteiger partial charge in [-0.15, -0.1) is 0 Å². The van der Waals surface area contributed by atoms with Crippen LogP contribution in [0.4, 0.5) is 0 Å². The number of nitrogens with one attached hydrogen (secondary N) is 1. The number of rotatable bonds is 8. The van der Waals surface area contributed by atoms with Gasteiger partial charge in [-0.05, 0) is 24.8 Å². The smallest absolute Gasteiger partial charge is 0.371 e. The molecule has 1 aliphatic rings. The highest BCUT2D eigenvalue weighted by atomic mass is 28.4. The number of hydrogen-bond acceptors (Lipinski definition) is 4. The van der Waals surface area contributed by atoms with E-state index in [-0.39, 0.29) is 5.22 Å². The van der Waals surface area contributed by atoms with E-state index in [0.717, 1.165) is 25.3 Å². The molecule has 1 rings (SSSR count). The zero-order valence-electron chi connectivity index (χ0n) is 17.7. The summed E-state index contributed by atoms with van der Waals surface area (Å²) in [7, 11) is 3.20. The van der Waals surface area contributed by atoms with E-state index in [2.05, 4.69) is 46.9 Å². The molecule has 1 N–H and O–H groups in total. The van der Waals surface area contributed by atoms with Gasteiger partial charge in [-0.3, -0.25) is 0 Å². The Kier molecular flexibility index (Phi) is 11.7. The molecule has 1 heterocycles. The quantitative estimate of drug-likeness (QED) is 0.638. The predicted octanol–water partition coefficient (Wildman–Crippen LogP) is 4.66. The normalized spacial score (nSPS) is 26.4. The van der Waals surface area contributed by atoms with Crippen LogP contribution in [0.1, 0.15) is 73.6 Å². The van der Waals surface area contributed by atoms with Crippen LogP contribution in [0.3, 0.4) is 0 Å². The lowest BCUT2D eigenvalue weighted by molar-refractivity contribution is -0.0547. The van der Waals surface area contributed by atoms with Gasteiger partial charge in [0.1, 0.15) is 5.22 Å². The second-order valence-corrected chi connectivity index (χ2v) is 11.1. The first-order valence-corrected chi connectivity index (χ1v) is 11.7. The average Bonchev–Trinajstić information content (AvgIpc) is 2.54. The summed E-state index contributed by atoms with van der Waals surface area (Å²) < 4.78 is 17.9. The van der Waals surface area contributed by atoms with Gasteiger partial charge in [0.05, 0.1) is 0 Å². The fraction of sp³-hybridized carbons (Fsp3) is 1.00. The summed E-state index contributed by atoms with van der Waals surface area (Å²) in [5.41, 5.74) is 0. The van der Waals surface area contributed by atoms with Gasteiger partial charge < -0.3 is 18.9 Å². The van der Waals surface area contributed by atoms with E-state index in [4.69, 9.17) is 13.6 Å². The molecule has 1 saturated heterocycles. The van der Waals surface area contributed by atoms with Crippen molar-refractivity contribution in [3.05, 3.63) is 0 Å². The molecule has 2 unspecified atom stereocenters. The van der Waals surface area contributed by atoms with Gasteiger partial charge in [0, 0.05) is 33.4 Å². The zero-order chi connectivity index (χ0) is 18.8. The molecule has 0 amide bonds. The maximum Gasteiger partial charge on any atom is 0.371 e. The number of ether oxygens (including phenoxy) is 1. The van der Waals surface area contributed by atoms with Crippen molar-refractivity contribution in [3.63, 3.8) is 0 Å². The van der Waals surface area contributed by atoms with E-state index >= 15 is 0 Å². The Hall–Kier alpha value is 0.0569. The molecule has 0 spiro atoms. The summed E-state index contributed by atoms with van der Waals surface area (Å²) in [6, 6.07) is 2.31. The second-order valence-electron chi connectivity index (χ2n) is 7.48. The van der Waals surface area contributed by atoms with Gasteiger partial charge in [0.25, 0.3) is 0 Å². The molecular formula is C19H43NO3Si. The Balaban J connectivity index is 0.000000640. The van der Waals surface area contributed by atoms with Crippen molar-refractivity contribution < 1.29 is 13.6 Å². The summed E-state index contributed by atoms with van der Waals surface area (Å²) in [6.07, 6.45) is 5.77. The maximum atomic E-state index is 6.03. The molecule has 0 saturated carbocycles. The number of hydrogen-bond donors (Lipinski definition) is 1. The monoisotopic (exact) mass is 361 g/mol. The highest BCUT2D eigenvalue weighted by Crippen LogP contribution is 2.47. The largest absolute Gasteiger partial charge is 0.396 e. The lowest BCUT2D eigenvalue weighted by atomic mass is 9.90. The Bertz CT molecular complexity index is 316. The van der Waals surface area contributed by atoms with Gasteiger partial charge in [0.15, 0.2) is 0 Å². The molecule has 0 radical (unpaired) electrons. The van der Waals surface area contributed by atoms with Gasteiger partial charge >= 0.3 is 8.56 Å². The van der Waals surface area contributed by atoms with E-state index in [9.17, 15) is 0 Å². The first-order valence-electron chi connectivity index (χ1n) is 9.70. The lowest BCUT2D eigenvalue weighted by Crippen LogP contribution is -2.68. The van der Waals surface area contributed by atoms with Crippen molar-refractivity contribution >= 4 is 8.56 Å². The van der Waals surface area contributed by atoms with Gasteiger partial charge in [-0.25, -0.2) is 0 Å². The van der Waals surface area contributed by atoms with Gasteiger partial charge in [-0.1, -0.05) is 60.8 Å². The molecule has 24 heavy (non-hydrogen) atoms. The van der Waals surface area contributed by atoms with Crippen LogP contribution in [0.15, 0.2) is 0 Å². The summed E-state index contributed by atoms with van der Waals surface area (Å²) in [4.78, 5) is 0. The van der Waals surface area contributed by atoms with E-state index in [0.29, 0.717) is 18.0 Å². The molecule has 5 heteroatoms. The Morgan fingerprint density at radius 1 is 1.04 bits per heavy atom. The van der Waals surface area contributed by atoms with Crippen molar-refractivity contribution in [1.29, 1.82) is 0 Å². The van der Waals surface area contributed by atoms with Gasteiger partial charge in [-0.2, -0.15) is 0 Å². The molecule has 1 aliphatic heterocycles. The minimum atomic E-state index is -2.24. The Morgan fingerprint density at radius 3 is 1.88 bits per heavy atom. The number of methoxy groups -OCH3 is 1. The van der Waals surface area contributed by atoms with Crippen molar-refractivity contribution in [1.82, 2.24) is 5.32 Å². The maximum absolute atomic E-state index is 6.03. The summed E-state index contributed by atoms with van der Waals surface area (Å²) in [5.74, 6) is 0.577. The van der Waals surface area contributed by atoms with Crippen LogP contribution in [0.2, 0.25) is 6.04 Å². The topological polar surface area (TPSA) is 39.7 Å². The van der Waals surface area contributed by atoms with Crippen LogP contribution < -0.4 is 5.32 Å². The first kappa shape index (κ1) is 24.1. The molecule has 4 nitrogen and oxygen atoms in total. The Labute approximate surface area is 152 Å². The van der Waals surface area contributed by atoms with Crippen LogP contribution in [-0.4, -0.2) is 47.2 Å². The van der Waals surface area contributed by atoms with E-state index in [1.54, 1.807) is 14.2 Å². The van der Waals surface area contributed by atoms with Gasteiger partial charge in [0.2, 0.25) is 0 Å². The first-order chi connectivity index (χ1) is 11.3. The van der Waals surface area contributed by atoms with Crippen LogP contribution in [-0.2, 0) is 13.6 Å². The average molecular weight is 362 g/mol.